The van der Waals surface area contributed by atoms with Crippen LogP contribution in [-0.4, -0.2) is 59.7 Å². The summed E-state index contributed by atoms with van der Waals surface area (Å²) in [4.78, 5) is 44.9. The zero-order chi connectivity index (χ0) is 22.6. The number of aromatic amines is 1. The molecule has 0 saturated heterocycles. The summed E-state index contributed by atoms with van der Waals surface area (Å²) >= 11 is 0. The minimum Gasteiger partial charge on any atom is -0.323 e. The number of para-hydroxylation sites is 2. The van der Waals surface area contributed by atoms with Crippen LogP contribution < -0.4 is 16.3 Å². The maximum atomic E-state index is 13.0. The van der Waals surface area contributed by atoms with E-state index in [0.717, 1.165) is 5.56 Å². The first-order chi connectivity index (χ1) is 14.6. The van der Waals surface area contributed by atoms with E-state index < -0.39 is 17.4 Å². The number of aromatic nitrogens is 2. The molecule has 31 heavy (non-hydrogen) atoms. The summed E-state index contributed by atoms with van der Waals surface area (Å²) in [6.45, 7) is 2.07. The van der Waals surface area contributed by atoms with Crippen LogP contribution in [0.3, 0.4) is 0 Å². The number of anilines is 1. The number of likely N-dealkylation sites (N-methyl/N-ethyl adjacent to an activating group) is 1. The van der Waals surface area contributed by atoms with Gasteiger partial charge in [-0.25, -0.2) is 10.4 Å². The van der Waals surface area contributed by atoms with Gasteiger partial charge in [0, 0.05) is 5.69 Å². The molecule has 0 saturated carbocycles. The van der Waals surface area contributed by atoms with E-state index in [1.807, 2.05) is 40.2 Å². The second kappa shape index (κ2) is 8.88. The number of hydrogen-bond acceptors (Lipinski definition) is 5. The van der Waals surface area contributed by atoms with E-state index in [1.165, 1.54) is 0 Å². The highest BCUT2D eigenvalue weighted by atomic mass is 16.2. The summed E-state index contributed by atoms with van der Waals surface area (Å²) in [6, 6.07) is 14.1. The molecule has 2 amide bonds. The van der Waals surface area contributed by atoms with Gasteiger partial charge in [-0.15, -0.1) is 0 Å². The quantitative estimate of drug-likeness (QED) is 0.317. The van der Waals surface area contributed by atoms with Crippen LogP contribution in [0.2, 0.25) is 0 Å². The van der Waals surface area contributed by atoms with Crippen LogP contribution in [0.25, 0.3) is 11.0 Å². The summed E-state index contributed by atoms with van der Waals surface area (Å²) in [5, 5.41) is 6.67. The lowest BCUT2D eigenvalue weighted by molar-refractivity contribution is -0.862. The zero-order valence-corrected chi connectivity index (χ0v) is 17.9. The van der Waals surface area contributed by atoms with Gasteiger partial charge in [-0.1, -0.05) is 29.8 Å². The average molecular weight is 421 g/mol. The standard InChI is InChI=1S/C22H24N6O3/c1-14-9-11-15(12-10-14)23-22(31)20(27-26-18(29)13-28(2,3)4)19-21(30)25-17-8-6-5-7-16(17)24-19/h5-12H,13H2,1-4H3,(H2-,23,24,25,26,27,29,30,31)/p+1. The van der Waals surface area contributed by atoms with Gasteiger partial charge in [-0.2, -0.15) is 5.10 Å². The number of nitrogens with zero attached hydrogens (tertiary/aromatic N) is 3. The van der Waals surface area contributed by atoms with Crippen LogP contribution in [0.5, 0.6) is 0 Å². The molecular weight excluding hydrogens is 396 g/mol. The Balaban J connectivity index is 1.99. The van der Waals surface area contributed by atoms with Crippen molar-refractivity contribution in [1.29, 1.82) is 0 Å². The number of carbonyl (C=O) groups excluding carboxylic acids is 2. The van der Waals surface area contributed by atoms with E-state index in [1.54, 1.807) is 36.4 Å². The fourth-order valence-electron chi connectivity index (χ4n) is 2.81. The molecule has 160 valence electrons. The number of fused-ring (bicyclic) bond motifs is 1. The maximum Gasteiger partial charge on any atom is 0.295 e. The van der Waals surface area contributed by atoms with Crippen molar-refractivity contribution in [3.8, 4) is 0 Å². The van der Waals surface area contributed by atoms with Crippen molar-refractivity contribution >= 4 is 34.2 Å². The predicted molar refractivity (Wildman–Crippen MR) is 120 cm³/mol. The van der Waals surface area contributed by atoms with Crippen molar-refractivity contribution < 1.29 is 14.1 Å². The summed E-state index contributed by atoms with van der Waals surface area (Å²) in [6.07, 6.45) is 0. The highest BCUT2D eigenvalue weighted by Crippen LogP contribution is 2.10. The van der Waals surface area contributed by atoms with Gasteiger partial charge in [0.05, 0.1) is 32.2 Å². The minimum atomic E-state index is -0.664. The van der Waals surface area contributed by atoms with E-state index in [4.69, 9.17) is 0 Å². The lowest BCUT2D eigenvalue weighted by Gasteiger charge is -2.22. The van der Waals surface area contributed by atoms with Crippen LogP contribution in [-0.2, 0) is 9.59 Å². The molecule has 1 aromatic heterocycles. The molecule has 0 radical (unpaired) electrons. The molecule has 0 aliphatic carbocycles. The third-order valence-corrected chi connectivity index (χ3v) is 4.26. The highest BCUT2D eigenvalue weighted by molar-refractivity contribution is 6.48. The number of rotatable bonds is 6. The second-order valence-corrected chi connectivity index (χ2v) is 8.20. The molecule has 3 aromatic rings. The Morgan fingerprint density at radius 2 is 1.74 bits per heavy atom. The van der Waals surface area contributed by atoms with Crippen LogP contribution in [0.15, 0.2) is 58.4 Å². The van der Waals surface area contributed by atoms with Crippen molar-refractivity contribution in [1.82, 2.24) is 15.4 Å². The Hall–Kier alpha value is -3.85. The van der Waals surface area contributed by atoms with Crippen molar-refractivity contribution in [2.45, 2.75) is 6.92 Å². The summed E-state index contributed by atoms with van der Waals surface area (Å²) < 4.78 is 0.376. The largest absolute Gasteiger partial charge is 0.323 e. The number of nitrogens with one attached hydrogen (secondary N) is 3. The van der Waals surface area contributed by atoms with Crippen LogP contribution >= 0.6 is 0 Å². The first-order valence-corrected chi connectivity index (χ1v) is 9.67. The molecule has 0 unspecified atom stereocenters. The van der Waals surface area contributed by atoms with E-state index >= 15 is 0 Å². The molecule has 0 atom stereocenters. The monoisotopic (exact) mass is 421 g/mol. The Bertz CT molecular complexity index is 1210. The lowest BCUT2D eigenvalue weighted by atomic mass is 10.2. The number of hydrogen-bond donors (Lipinski definition) is 3. The molecule has 0 spiro atoms. The molecule has 0 aliphatic rings. The van der Waals surface area contributed by atoms with Crippen LogP contribution in [0.1, 0.15) is 11.3 Å². The van der Waals surface area contributed by atoms with Gasteiger partial charge in [-0.3, -0.25) is 14.4 Å². The molecule has 1 heterocycles. The fraction of sp³-hybridized carbons (Fsp3) is 0.227. The van der Waals surface area contributed by atoms with E-state index in [0.29, 0.717) is 21.2 Å². The molecule has 9 heteroatoms. The topological polar surface area (TPSA) is 116 Å². The van der Waals surface area contributed by atoms with Gasteiger partial charge >= 0.3 is 0 Å². The normalized spacial score (nSPS) is 11.9. The molecular formula is C22H25N6O3+. The second-order valence-electron chi connectivity index (χ2n) is 8.20. The summed E-state index contributed by atoms with van der Waals surface area (Å²) in [5.74, 6) is -1.06. The van der Waals surface area contributed by atoms with Crippen LogP contribution in [0, 0.1) is 6.92 Å². The third-order valence-electron chi connectivity index (χ3n) is 4.26. The number of aryl methyl sites for hydroxylation is 1. The zero-order valence-electron chi connectivity index (χ0n) is 17.9. The SMILES string of the molecule is Cc1ccc(NC(=O)C(=NNC(=O)C[N+](C)(C)C)c2nc3ccccc3[nH]c2=O)cc1. The van der Waals surface area contributed by atoms with Gasteiger partial charge < -0.3 is 14.8 Å². The fourth-order valence-corrected chi connectivity index (χ4v) is 2.81. The average Bonchev–Trinajstić information content (AvgIpc) is 2.69. The Labute approximate surface area is 179 Å². The molecule has 0 fully saturated rings. The van der Waals surface area contributed by atoms with Gasteiger partial charge in [0.2, 0.25) is 0 Å². The molecule has 0 bridgehead atoms. The predicted octanol–water partition coefficient (Wildman–Crippen LogP) is 1.40. The van der Waals surface area contributed by atoms with E-state index in [2.05, 4.69) is 25.8 Å². The number of quaternary nitrogens is 1. The number of carbonyl (C=O) groups is 2. The number of H-pyrrole nitrogens is 1. The third kappa shape index (κ3) is 5.83. The first-order valence-electron chi connectivity index (χ1n) is 9.67. The molecule has 9 nitrogen and oxygen atoms in total. The van der Waals surface area contributed by atoms with E-state index in [-0.39, 0.29) is 18.0 Å². The van der Waals surface area contributed by atoms with Crippen molar-refractivity contribution in [2.24, 2.45) is 5.10 Å². The van der Waals surface area contributed by atoms with E-state index in [9.17, 15) is 14.4 Å². The molecule has 2 aromatic carbocycles. The highest BCUT2D eigenvalue weighted by Gasteiger charge is 2.22. The number of benzene rings is 2. The smallest absolute Gasteiger partial charge is 0.295 e. The number of hydrazone groups is 1. The van der Waals surface area contributed by atoms with Crippen molar-refractivity contribution in [3.63, 3.8) is 0 Å². The summed E-state index contributed by atoms with van der Waals surface area (Å²) in [5.41, 5.74) is 3.89. The Kier molecular flexibility index (Phi) is 6.26. The first kappa shape index (κ1) is 21.8. The van der Waals surface area contributed by atoms with Gasteiger partial charge in [0.25, 0.3) is 17.4 Å². The molecule has 3 rings (SSSR count). The minimum absolute atomic E-state index is 0.137. The van der Waals surface area contributed by atoms with Gasteiger partial charge in [-0.05, 0) is 31.2 Å². The van der Waals surface area contributed by atoms with Gasteiger partial charge in [0.15, 0.2) is 18.0 Å². The maximum absolute atomic E-state index is 13.0. The lowest BCUT2D eigenvalue weighted by Crippen LogP contribution is -2.43. The summed E-state index contributed by atoms with van der Waals surface area (Å²) in [7, 11) is 5.55. The van der Waals surface area contributed by atoms with Gasteiger partial charge in [0.1, 0.15) is 0 Å². The molecule has 3 N–H and O–H groups in total. The van der Waals surface area contributed by atoms with Crippen molar-refractivity contribution in [2.75, 3.05) is 33.0 Å². The molecule has 0 aliphatic heterocycles. The van der Waals surface area contributed by atoms with Crippen LogP contribution in [0.4, 0.5) is 5.69 Å². The Morgan fingerprint density at radius 1 is 1.06 bits per heavy atom. The Morgan fingerprint density at radius 3 is 2.42 bits per heavy atom. The number of amides is 2. The van der Waals surface area contributed by atoms with Crippen molar-refractivity contribution in [3.05, 3.63) is 70.1 Å².